The van der Waals surface area contributed by atoms with Crippen molar-refractivity contribution in [3.05, 3.63) is 113 Å². The molecule has 0 saturated carbocycles. The molecule has 0 aromatic heterocycles. The van der Waals surface area contributed by atoms with Crippen molar-refractivity contribution < 1.29 is 0 Å². The maximum Gasteiger partial charge on any atom is 0.0713 e. The van der Waals surface area contributed by atoms with Crippen LogP contribution in [-0.4, -0.2) is 5.54 Å². The summed E-state index contributed by atoms with van der Waals surface area (Å²) in [7, 11) is 0. The first kappa shape index (κ1) is 15.8. The highest BCUT2D eigenvalue weighted by atomic mass is 15.2. The van der Waals surface area contributed by atoms with Gasteiger partial charge in [0.15, 0.2) is 0 Å². The number of nitrogens with one attached hydrogen (secondary N) is 1. The Labute approximate surface area is 165 Å². The Morgan fingerprint density at radius 1 is 0.964 bits per heavy atom. The highest BCUT2D eigenvalue weighted by Crippen LogP contribution is 2.57. The predicted molar refractivity (Wildman–Crippen MR) is 116 cm³/mol. The van der Waals surface area contributed by atoms with Crippen LogP contribution in [0.4, 0.5) is 17.1 Å². The smallest absolute Gasteiger partial charge is 0.0713 e. The van der Waals surface area contributed by atoms with Gasteiger partial charge in [-0.1, -0.05) is 60.7 Å². The van der Waals surface area contributed by atoms with Crippen LogP contribution in [0.25, 0.3) is 0 Å². The van der Waals surface area contributed by atoms with Gasteiger partial charge in [0.05, 0.1) is 5.54 Å². The molecule has 0 spiro atoms. The zero-order valence-electron chi connectivity index (χ0n) is 15.9. The zero-order valence-corrected chi connectivity index (χ0v) is 15.9. The lowest BCUT2D eigenvalue weighted by atomic mass is 9.78. The third-order valence-corrected chi connectivity index (χ3v) is 6.37. The summed E-state index contributed by atoms with van der Waals surface area (Å²) in [5.41, 5.74) is 9.28. The lowest BCUT2D eigenvalue weighted by molar-refractivity contribution is 0.539. The van der Waals surface area contributed by atoms with E-state index in [-0.39, 0.29) is 5.54 Å². The summed E-state index contributed by atoms with van der Waals surface area (Å²) < 4.78 is 0. The van der Waals surface area contributed by atoms with E-state index >= 15 is 0 Å². The van der Waals surface area contributed by atoms with Crippen molar-refractivity contribution in [1.29, 1.82) is 0 Å². The number of hydrogen-bond acceptors (Lipinski definition) is 2. The highest BCUT2D eigenvalue weighted by Gasteiger charge is 2.49. The number of fused-ring (bicyclic) bond motifs is 1. The van der Waals surface area contributed by atoms with Gasteiger partial charge in [0.1, 0.15) is 0 Å². The number of anilines is 3. The molecule has 2 unspecified atom stereocenters. The molecule has 2 atom stereocenters. The molecule has 3 aromatic carbocycles. The second-order valence-corrected chi connectivity index (χ2v) is 8.19. The van der Waals surface area contributed by atoms with Gasteiger partial charge in [-0.05, 0) is 60.4 Å². The fourth-order valence-corrected chi connectivity index (χ4v) is 5.00. The summed E-state index contributed by atoms with van der Waals surface area (Å²) >= 11 is 0. The quantitative estimate of drug-likeness (QED) is 0.470. The maximum atomic E-state index is 3.58. The largest absolute Gasteiger partial charge is 0.356 e. The Morgan fingerprint density at radius 3 is 2.43 bits per heavy atom. The van der Waals surface area contributed by atoms with Crippen LogP contribution >= 0.6 is 0 Å². The minimum absolute atomic E-state index is 0.0940. The number of benzene rings is 3. The second-order valence-electron chi connectivity index (χ2n) is 8.19. The molecule has 3 aliphatic carbocycles. The van der Waals surface area contributed by atoms with Crippen LogP contribution in [0.1, 0.15) is 29.5 Å². The summed E-state index contributed by atoms with van der Waals surface area (Å²) in [5, 5.41) is 3.58. The standard InChI is InChI=1S/C26H22N2/c1-26-13-12-21(27-20-8-4-2-5-9-20)17-24(26)23-16-18-14-19(15-18)25(23)28(26)22-10-6-3-7-11-22/h2-14,16-17,24,27H,15H2,1H3. The van der Waals surface area contributed by atoms with Gasteiger partial charge in [0.2, 0.25) is 0 Å². The molecule has 0 amide bonds. The van der Waals surface area contributed by atoms with E-state index in [1.54, 1.807) is 0 Å². The maximum absolute atomic E-state index is 3.58. The first-order chi connectivity index (χ1) is 13.7. The summed E-state index contributed by atoms with van der Waals surface area (Å²) in [6.45, 7) is 2.37. The van der Waals surface area contributed by atoms with Gasteiger partial charge >= 0.3 is 0 Å². The fourth-order valence-electron chi connectivity index (χ4n) is 5.00. The average Bonchev–Trinajstić information content (AvgIpc) is 2.97. The molecule has 2 nitrogen and oxygen atoms in total. The molecule has 2 heteroatoms. The summed E-state index contributed by atoms with van der Waals surface area (Å²) in [4.78, 5) is 2.55. The molecular weight excluding hydrogens is 340 g/mol. The van der Waals surface area contributed by atoms with Crippen LogP contribution in [0.15, 0.2) is 96.7 Å². The second kappa shape index (κ2) is 5.62. The van der Waals surface area contributed by atoms with Crippen LogP contribution in [0.3, 0.4) is 0 Å². The number of nitrogens with zero attached hydrogens (tertiary/aromatic N) is 1. The first-order valence-electron chi connectivity index (χ1n) is 9.96. The van der Waals surface area contributed by atoms with Gasteiger partial charge in [0, 0.05) is 28.7 Å². The van der Waals surface area contributed by atoms with Gasteiger partial charge in [-0.15, -0.1) is 0 Å². The van der Waals surface area contributed by atoms with E-state index in [0.717, 1.165) is 12.1 Å². The van der Waals surface area contributed by atoms with E-state index in [4.69, 9.17) is 0 Å². The minimum Gasteiger partial charge on any atom is -0.356 e. The number of allylic oxidation sites excluding steroid dienone is 1. The Balaban J connectivity index is 1.47. The third kappa shape index (κ3) is 2.15. The van der Waals surface area contributed by atoms with E-state index in [0.29, 0.717) is 5.92 Å². The summed E-state index contributed by atoms with van der Waals surface area (Å²) in [5.74, 6) is 0.331. The molecule has 28 heavy (non-hydrogen) atoms. The Hall–Kier alpha value is -3.26. The van der Waals surface area contributed by atoms with Crippen LogP contribution in [0, 0.1) is 0 Å². The van der Waals surface area contributed by atoms with Gasteiger partial charge in [-0.25, -0.2) is 0 Å². The Bertz CT molecular complexity index is 1130. The van der Waals surface area contributed by atoms with Crippen molar-refractivity contribution in [2.45, 2.75) is 24.8 Å². The van der Waals surface area contributed by atoms with Crippen LogP contribution < -0.4 is 10.2 Å². The van der Waals surface area contributed by atoms with E-state index in [9.17, 15) is 0 Å². The first-order valence-corrected chi connectivity index (χ1v) is 9.96. The van der Waals surface area contributed by atoms with Crippen LogP contribution in [-0.2, 0) is 6.42 Å². The van der Waals surface area contributed by atoms with Crippen molar-refractivity contribution in [2.75, 3.05) is 10.2 Å². The predicted octanol–water partition coefficient (Wildman–Crippen LogP) is 6.15. The lowest BCUT2D eigenvalue weighted by Gasteiger charge is -2.40. The van der Waals surface area contributed by atoms with E-state index in [1.165, 1.54) is 33.8 Å². The van der Waals surface area contributed by atoms with Gasteiger partial charge in [-0.3, -0.25) is 0 Å². The van der Waals surface area contributed by atoms with Crippen molar-refractivity contribution in [2.24, 2.45) is 0 Å². The molecule has 1 N–H and O–H groups in total. The van der Waals surface area contributed by atoms with Crippen molar-refractivity contribution in [3.63, 3.8) is 0 Å². The fraction of sp³-hybridized carbons (Fsp3) is 0.154. The highest BCUT2D eigenvalue weighted by molar-refractivity contribution is 5.83. The van der Waals surface area contributed by atoms with Gasteiger partial charge in [0.25, 0.3) is 0 Å². The van der Waals surface area contributed by atoms with Crippen LogP contribution in [0.5, 0.6) is 0 Å². The Morgan fingerprint density at radius 2 is 1.68 bits per heavy atom. The molecule has 7 rings (SSSR count). The SMILES string of the molecule is CC12C=CC(Nc3ccccc3)=CC1c1cc3cc(c1N2c1ccccc1)C3. The molecule has 0 saturated heterocycles. The molecule has 3 aromatic rings. The Kier molecular flexibility index (Phi) is 3.16. The molecule has 1 heterocycles. The molecule has 136 valence electrons. The van der Waals surface area contributed by atoms with Crippen molar-refractivity contribution in [1.82, 2.24) is 0 Å². The lowest BCUT2D eigenvalue weighted by Crippen LogP contribution is -2.42. The third-order valence-electron chi connectivity index (χ3n) is 6.37. The minimum atomic E-state index is -0.0940. The van der Waals surface area contributed by atoms with E-state index in [2.05, 4.69) is 102 Å². The number of hydrogen-bond donors (Lipinski definition) is 1. The molecule has 2 bridgehead atoms. The average molecular weight is 362 g/mol. The van der Waals surface area contributed by atoms with Crippen molar-refractivity contribution in [3.8, 4) is 0 Å². The summed E-state index contributed by atoms with van der Waals surface area (Å²) in [6.07, 6.45) is 8.13. The molecular formula is C26H22N2. The normalized spacial score (nSPS) is 23.5. The topological polar surface area (TPSA) is 15.3 Å². The zero-order chi connectivity index (χ0) is 18.7. The van der Waals surface area contributed by atoms with Crippen LogP contribution in [0.2, 0.25) is 0 Å². The monoisotopic (exact) mass is 362 g/mol. The summed E-state index contributed by atoms with van der Waals surface area (Å²) in [6, 6.07) is 26.0. The van der Waals surface area contributed by atoms with E-state index < -0.39 is 0 Å². The van der Waals surface area contributed by atoms with Crippen molar-refractivity contribution >= 4 is 17.1 Å². The molecule has 4 aliphatic rings. The van der Waals surface area contributed by atoms with Gasteiger partial charge in [-0.2, -0.15) is 0 Å². The number of rotatable bonds is 3. The molecule has 1 aliphatic heterocycles. The molecule has 0 radical (unpaired) electrons. The van der Waals surface area contributed by atoms with E-state index in [1.807, 2.05) is 6.07 Å². The number of para-hydroxylation sites is 2. The molecule has 0 fully saturated rings. The van der Waals surface area contributed by atoms with Gasteiger partial charge < -0.3 is 10.2 Å².